The Hall–Kier alpha value is -2.49. The van der Waals surface area contributed by atoms with Gasteiger partial charge in [0.25, 0.3) is 0 Å². The van der Waals surface area contributed by atoms with Crippen LogP contribution in [0.15, 0.2) is 48.5 Å². The average Bonchev–Trinajstić information content (AvgIpc) is 2.41. The normalized spacial score (nSPS) is 11.0. The molecule has 0 saturated carbocycles. The first-order chi connectivity index (χ1) is 9.86. The van der Waals surface area contributed by atoms with E-state index in [4.69, 9.17) is 5.73 Å². The third kappa shape index (κ3) is 3.99. The number of nitrogen functional groups attached to an aromatic ring is 1. The monoisotopic (exact) mass is 283 g/mol. The van der Waals surface area contributed by atoms with E-state index in [0.29, 0.717) is 11.4 Å². The Labute approximate surface area is 125 Å². The Morgan fingerprint density at radius 3 is 2.19 bits per heavy atom. The zero-order valence-corrected chi connectivity index (χ0v) is 12.6. The quantitative estimate of drug-likeness (QED) is 0.723. The van der Waals surface area contributed by atoms with Gasteiger partial charge in [0, 0.05) is 17.1 Å². The van der Waals surface area contributed by atoms with Crippen LogP contribution >= 0.6 is 0 Å². The van der Waals surface area contributed by atoms with Gasteiger partial charge in [0.15, 0.2) is 0 Å². The molecule has 0 aliphatic carbocycles. The lowest BCUT2D eigenvalue weighted by atomic mass is 9.86. The molecule has 0 atom stereocenters. The molecule has 0 radical (unpaired) electrons. The Kier molecular flexibility index (Phi) is 4.17. The molecular weight excluding hydrogens is 262 g/mol. The van der Waals surface area contributed by atoms with Crippen LogP contribution in [-0.2, 0) is 5.41 Å². The number of carbonyl (C=O) groups excluding carboxylic acids is 1. The molecule has 0 spiro atoms. The maximum absolute atomic E-state index is 12.1. The number of nitrogens with one attached hydrogen (secondary N) is 2. The molecule has 0 saturated heterocycles. The van der Waals surface area contributed by atoms with Crippen molar-refractivity contribution in [2.45, 2.75) is 26.2 Å². The van der Waals surface area contributed by atoms with E-state index in [9.17, 15) is 4.79 Å². The Balaban J connectivity index is 2.11. The summed E-state index contributed by atoms with van der Waals surface area (Å²) in [5, 5.41) is 5.69. The molecule has 4 heteroatoms. The molecule has 0 fully saturated rings. The fraction of sp³-hybridized carbons (Fsp3) is 0.235. The number of anilines is 3. The van der Waals surface area contributed by atoms with Crippen LogP contribution < -0.4 is 16.4 Å². The van der Waals surface area contributed by atoms with E-state index >= 15 is 0 Å². The van der Waals surface area contributed by atoms with Crippen molar-refractivity contribution >= 4 is 23.1 Å². The molecule has 2 rings (SSSR count). The second-order valence-electron chi connectivity index (χ2n) is 6.00. The van der Waals surface area contributed by atoms with E-state index in [0.717, 1.165) is 11.3 Å². The summed E-state index contributed by atoms with van der Waals surface area (Å²) in [6.45, 7) is 6.35. The van der Waals surface area contributed by atoms with Crippen LogP contribution in [0.3, 0.4) is 0 Å². The first-order valence-electron chi connectivity index (χ1n) is 6.89. The molecule has 21 heavy (non-hydrogen) atoms. The number of urea groups is 1. The lowest BCUT2D eigenvalue weighted by molar-refractivity contribution is 0.262. The molecule has 0 bridgehead atoms. The SMILES string of the molecule is CC(C)(C)c1ccccc1NC(=O)Nc1ccc(N)cc1. The van der Waals surface area contributed by atoms with E-state index in [1.54, 1.807) is 24.3 Å². The minimum absolute atomic E-state index is 0.0366. The summed E-state index contributed by atoms with van der Waals surface area (Å²) in [6.07, 6.45) is 0. The van der Waals surface area contributed by atoms with E-state index in [-0.39, 0.29) is 11.4 Å². The number of carbonyl (C=O) groups is 1. The highest BCUT2D eigenvalue weighted by Crippen LogP contribution is 2.29. The lowest BCUT2D eigenvalue weighted by Gasteiger charge is -2.23. The fourth-order valence-corrected chi connectivity index (χ4v) is 2.10. The summed E-state index contributed by atoms with van der Waals surface area (Å²) in [6, 6.07) is 14.6. The van der Waals surface area contributed by atoms with Crippen molar-refractivity contribution in [3.8, 4) is 0 Å². The van der Waals surface area contributed by atoms with Gasteiger partial charge >= 0.3 is 6.03 Å². The number of para-hydroxylation sites is 1. The second kappa shape index (κ2) is 5.87. The predicted octanol–water partition coefficient (Wildman–Crippen LogP) is 4.21. The number of hydrogen-bond acceptors (Lipinski definition) is 2. The third-order valence-electron chi connectivity index (χ3n) is 3.15. The van der Waals surface area contributed by atoms with Crippen molar-refractivity contribution in [3.05, 3.63) is 54.1 Å². The first kappa shape index (κ1) is 14.9. The van der Waals surface area contributed by atoms with Crippen LogP contribution in [0, 0.1) is 0 Å². The van der Waals surface area contributed by atoms with E-state index in [1.165, 1.54) is 0 Å². The summed E-state index contributed by atoms with van der Waals surface area (Å²) in [4.78, 5) is 12.1. The van der Waals surface area contributed by atoms with Crippen molar-refractivity contribution in [2.24, 2.45) is 0 Å². The summed E-state index contributed by atoms with van der Waals surface area (Å²) in [7, 11) is 0. The van der Waals surface area contributed by atoms with Gasteiger partial charge < -0.3 is 16.4 Å². The topological polar surface area (TPSA) is 67.2 Å². The smallest absolute Gasteiger partial charge is 0.323 e. The molecule has 4 N–H and O–H groups in total. The van der Waals surface area contributed by atoms with Gasteiger partial charge in [-0.3, -0.25) is 0 Å². The predicted molar refractivity (Wildman–Crippen MR) is 88.6 cm³/mol. The number of rotatable bonds is 2. The highest BCUT2D eigenvalue weighted by Gasteiger charge is 2.18. The maximum atomic E-state index is 12.1. The van der Waals surface area contributed by atoms with E-state index < -0.39 is 0 Å². The van der Waals surface area contributed by atoms with Crippen molar-refractivity contribution in [3.63, 3.8) is 0 Å². The van der Waals surface area contributed by atoms with Crippen LogP contribution in [-0.4, -0.2) is 6.03 Å². The van der Waals surface area contributed by atoms with Crippen LogP contribution in [0.2, 0.25) is 0 Å². The molecule has 2 aromatic rings. The third-order valence-corrected chi connectivity index (χ3v) is 3.15. The molecule has 2 amide bonds. The number of hydrogen-bond donors (Lipinski definition) is 3. The van der Waals surface area contributed by atoms with Crippen molar-refractivity contribution in [1.82, 2.24) is 0 Å². The van der Waals surface area contributed by atoms with Gasteiger partial charge in [-0.2, -0.15) is 0 Å². The van der Waals surface area contributed by atoms with E-state index in [2.05, 4.69) is 31.4 Å². The summed E-state index contributed by atoms with van der Waals surface area (Å²) >= 11 is 0. The molecule has 4 nitrogen and oxygen atoms in total. The number of benzene rings is 2. The zero-order chi connectivity index (χ0) is 15.5. The van der Waals surface area contributed by atoms with Gasteiger partial charge in [-0.1, -0.05) is 39.0 Å². The molecule has 2 aromatic carbocycles. The van der Waals surface area contributed by atoms with Gasteiger partial charge in [0.05, 0.1) is 0 Å². The van der Waals surface area contributed by atoms with Gasteiger partial charge in [-0.25, -0.2) is 4.79 Å². The minimum Gasteiger partial charge on any atom is -0.399 e. The van der Waals surface area contributed by atoms with E-state index in [1.807, 2.05) is 24.3 Å². The average molecular weight is 283 g/mol. The van der Waals surface area contributed by atoms with Crippen LogP contribution in [0.5, 0.6) is 0 Å². The van der Waals surface area contributed by atoms with Gasteiger partial charge in [0.1, 0.15) is 0 Å². The second-order valence-corrected chi connectivity index (χ2v) is 6.00. The fourth-order valence-electron chi connectivity index (χ4n) is 2.10. The molecule has 110 valence electrons. The largest absolute Gasteiger partial charge is 0.399 e. The van der Waals surface area contributed by atoms with Crippen LogP contribution in [0.4, 0.5) is 21.9 Å². The van der Waals surface area contributed by atoms with Gasteiger partial charge in [0.2, 0.25) is 0 Å². The van der Waals surface area contributed by atoms with Crippen molar-refractivity contribution in [2.75, 3.05) is 16.4 Å². The number of amides is 2. The molecule has 0 heterocycles. The highest BCUT2D eigenvalue weighted by atomic mass is 16.2. The lowest BCUT2D eigenvalue weighted by Crippen LogP contribution is -2.22. The number of nitrogens with two attached hydrogens (primary N) is 1. The Morgan fingerprint density at radius 1 is 0.952 bits per heavy atom. The molecule has 0 aliphatic rings. The summed E-state index contributed by atoms with van der Waals surface area (Å²) in [5.41, 5.74) is 8.87. The standard InChI is InChI=1S/C17H21N3O/c1-17(2,3)14-6-4-5-7-15(14)20-16(21)19-13-10-8-12(18)9-11-13/h4-11H,18H2,1-3H3,(H2,19,20,21). The summed E-state index contributed by atoms with van der Waals surface area (Å²) < 4.78 is 0. The zero-order valence-electron chi connectivity index (χ0n) is 12.6. The van der Waals surface area contributed by atoms with Gasteiger partial charge in [-0.05, 0) is 41.3 Å². The molecule has 0 unspecified atom stereocenters. The van der Waals surface area contributed by atoms with Crippen molar-refractivity contribution in [1.29, 1.82) is 0 Å². The Bertz CT molecular complexity index is 627. The van der Waals surface area contributed by atoms with Crippen molar-refractivity contribution < 1.29 is 4.79 Å². The first-order valence-corrected chi connectivity index (χ1v) is 6.89. The maximum Gasteiger partial charge on any atom is 0.323 e. The minimum atomic E-state index is -0.267. The molecular formula is C17H21N3O. The van der Waals surface area contributed by atoms with Gasteiger partial charge in [-0.15, -0.1) is 0 Å². The Morgan fingerprint density at radius 2 is 1.57 bits per heavy atom. The molecule has 0 aromatic heterocycles. The molecule has 0 aliphatic heterocycles. The summed E-state index contributed by atoms with van der Waals surface area (Å²) in [5.74, 6) is 0. The van der Waals surface area contributed by atoms with Crippen LogP contribution in [0.25, 0.3) is 0 Å². The van der Waals surface area contributed by atoms with Crippen LogP contribution in [0.1, 0.15) is 26.3 Å². The highest BCUT2D eigenvalue weighted by molar-refractivity contribution is 6.00.